The molecule has 3 rings (SSSR count). The Hall–Kier alpha value is -1.39. The minimum absolute atomic E-state index is 0.221. The standard InChI is InChI=1S/C17H22N2OS/c1-3-19-17(13-8-14(20-4-2)11-18-10-13)16-9-12-6-5-7-15(12)21-16/h8-11,17,19H,3-7H2,1-2H3. The zero-order chi connectivity index (χ0) is 14.7. The fraction of sp³-hybridized carbons (Fsp3) is 0.471. The maximum absolute atomic E-state index is 5.59. The summed E-state index contributed by atoms with van der Waals surface area (Å²) in [5.74, 6) is 0.849. The first-order valence-corrected chi connectivity index (χ1v) is 8.56. The molecule has 1 aliphatic carbocycles. The Morgan fingerprint density at radius 3 is 2.95 bits per heavy atom. The Balaban J connectivity index is 1.91. The third kappa shape index (κ3) is 3.11. The van der Waals surface area contributed by atoms with Crippen LogP contribution in [0, 0.1) is 0 Å². The van der Waals surface area contributed by atoms with Crippen LogP contribution in [0.3, 0.4) is 0 Å². The van der Waals surface area contributed by atoms with Crippen LogP contribution in [0.4, 0.5) is 0 Å². The minimum Gasteiger partial charge on any atom is -0.492 e. The lowest BCUT2D eigenvalue weighted by molar-refractivity contribution is 0.338. The summed E-state index contributed by atoms with van der Waals surface area (Å²) in [5.41, 5.74) is 2.73. The van der Waals surface area contributed by atoms with Crippen LogP contribution in [0.2, 0.25) is 0 Å². The lowest BCUT2D eigenvalue weighted by Crippen LogP contribution is -2.21. The van der Waals surface area contributed by atoms with E-state index in [-0.39, 0.29) is 6.04 Å². The van der Waals surface area contributed by atoms with Gasteiger partial charge in [-0.25, -0.2) is 0 Å². The van der Waals surface area contributed by atoms with E-state index in [1.165, 1.54) is 29.7 Å². The van der Waals surface area contributed by atoms with Gasteiger partial charge in [-0.05, 0) is 56.0 Å². The van der Waals surface area contributed by atoms with Crippen molar-refractivity contribution in [3.05, 3.63) is 45.4 Å². The molecule has 4 heteroatoms. The molecule has 2 heterocycles. The van der Waals surface area contributed by atoms with Gasteiger partial charge in [0.15, 0.2) is 0 Å². The smallest absolute Gasteiger partial charge is 0.137 e. The Morgan fingerprint density at radius 2 is 2.19 bits per heavy atom. The number of ether oxygens (including phenoxy) is 1. The molecule has 0 spiro atoms. The van der Waals surface area contributed by atoms with E-state index in [0.717, 1.165) is 12.3 Å². The number of hydrogen-bond donors (Lipinski definition) is 1. The molecule has 1 atom stereocenters. The maximum atomic E-state index is 5.59. The number of aryl methyl sites for hydroxylation is 2. The average molecular weight is 302 g/mol. The van der Waals surface area contributed by atoms with Crippen molar-refractivity contribution in [1.29, 1.82) is 0 Å². The van der Waals surface area contributed by atoms with Crippen LogP contribution in [-0.2, 0) is 12.8 Å². The SMILES string of the molecule is CCNC(c1cncc(OCC)c1)c1cc2c(s1)CCC2. The Labute approximate surface area is 130 Å². The molecule has 1 N–H and O–H groups in total. The molecule has 1 aliphatic rings. The second-order valence-electron chi connectivity index (χ2n) is 5.33. The van der Waals surface area contributed by atoms with Crippen molar-refractivity contribution in [3.8, 4) is 5.75 Å². The first kappa shape index (κ1) is 14.5. The summed E-state index contributed by atoms with van der Waals surface area (Å²) < 4.78 is 5.59. The van der Waals surface area contributed by atoms with Crippen molar-refractivity contribution >= 4 is 11.3 Å². The minimum atomic E-state index is 0.221. The molecule has 0 aromatic carbocycles. The van der Waals surface area contributed by atoms with E-state index in [1.807, 2.05) is 24.5 Å². The molecule has 0 amide bonds. The van der Waals surface area contributed by atoms with Crippen molar-refractivity contribution in [3.63, 3.8) is 0 Å². The first-order valence-electron chi connectivity index (χ1n) is 7.74. The lowest BCUT2D eigenvalue weighted by Gasteiger charge is -2.17. The van der Waals surface area contributed by atoms with E-state index in [4.69, 9.17) is 4.74 Å². The number of nitrogens with zero attached hydrogens (tertiary/aromatic N) is 1. The topological polar surface area (TPSA) is 34.2 Å². The van der Waals surface area contributed by atoms with Gasteiger partial charge in [-0.2, -0.15) is 0 Å². The van der Waals surface area contributed by atoms with Crippen molar-refractivity contribution in [2.45, 2.75) is 39.2 Å². The van der Waals surface area contributed by atoms with Crippen LogP contribution in [0.15, 0.2) is 24.5 Å². The molecule has 1 unspecified atom stereocenters. The predicted octanol–water partition coefficient (Wildman–Crippen LogP) is 3.73. The highest BCUT2D eigenvalue weighted by molar-refractivity contribution is 7.12. The maximum Gasteiger partial charge on any atom is 0.137 e. The van der Waals surface area contributed by atoms with E-state index in [2.05, 4.69) is 29.4 Å². The van der Waals surface area contributed by atoms with Crippen LogP contribution in [0.1, 0.15) is 47.2 Å². The van der Waals surface area contributed by atoms with Gasteiger partial charge in [0.25, 0.3) is 0 Å². The van der Waals surface area contributed by atoms with Crippen LogP contribution in [0.5, 0.6) is 5.75 Å². The Morgan fingerprint density at radius 1 is 1.29 bits per heavy atom. The molecule has 2 aromatic rings. The number of fused-ring (bicyclic) bond motifs is 1. The third-order valence-corrected chi connectivity index (χ3v) is 5.14. The summed E-state index contributed by atoms with van der Waals surface area (Å²) in [6.45, 7) is 5.75. The van der Waals surface area contributed by atoms with E-state index in [1.54, 1.807) is 16.6 Å². The normalized spacial score (nSPS) is 15.0. The molecular weight excluding hydrogens is 280 g/mol. The summed E-state index contributed by atoms with van der Waals surface area (Å²) in [7, 11) is 0. The summed E-state index contributed by atoms with van der Waals surface area (Å²) in [4.78, 5) is 7.31. The van der Waals surface area contributed by atoms with Crippen molar-refractivity contribution in [2.75, 3.05) is 13.2 Å². The number of thiophene rings is 1. The lowest BCUT2D eigenvalue weighted by atomic mass is 10.1. The number of aromatic nitrogens is 1. The molecule has 0 bridgehead atoms. The second kappa shape index (κ2) is 6.58. The van der Waals surface area contributed by atoms with Gasteiger partial charge in [0.05, 0.1) is 18.8 Å². The molecular formula is C17H22N2OS. The molecule has 0 saturated carbocycles. The van der Waals surface area contributed by atoms with Gasteiger partial charge in [-0.1, -0.05) is 6.92 Å². The van der Waals surface area contributed by atoms with Gasteiger partial charge in [0.1, 0.15) is 5.75 Å². The molecule has 0 radical (unpaired) electrons. The van der Waals surface area contributed by atoms with Crippen LogP contribution in [0.25, 0.3) is 0 Å². The Kier molecular flexibility index (Phi) is 4.56. The number of pyridine rings is 1. The van der Waals surface area contributed by atoms with Crippen molar-refractivity contribution < 1.29 is 4.74 Å². The summed E-state index contributed by atoms with van der Waals surface area (Å²) in [5, 5.41) is 3.59. The fourth-order valence-corrected chi connectivity index (χ4v) is 4.28. The highest BCUT2D eigenvalue weighted by Crippen LogP contribution is 2.36. The van der Waals surface area contributed by atoms with Gasteiger partial charge in [0, 0.05) is 16.0 Å². The zero-order valence-corrected chi connectivity index (χ0v) is 13.5. The predicted molar refractivity (Wildman–Crippen MR) is 87.3 cm³/mol. The molecule has 0 fully saturated rings. The van der Waals surface area contributed by atoms with Crippen LogP contribution < -0.4 is 10.1 Å². The summed E-state index contributed by atoms with van der Waals surface area (Å²) in [6, 6.07) is 4.71. The quantitative estimate of drug-likeness (QED) is 0.883. The van der Waals surface area contributed by atoms with Crippen molar-refractivity contribution in [1.82, 2.24) is 10.3 Å². The Bertz CT molecular complexity index is 587. The van der Waals surface area contributed by atoms with Gasteiger partial charge in [0.2, 0.25) is 0 Å². The van der Waals surface area contributed by atoms with Gasteiger partial charge in [-0.3, -0.25) is 4.98 Å². The molecule has 21 heavy (non-hydrogen) atoms. The third-order valence-electron chi connectivity index (χ3n) is 3.84. The van der Waals surface area contributed by atoms with Crippen LogP contribution in [-0.4, -0.2) is 18.1 Å². The summed E-state index contributed by atoms with van der Waals surface area (Å²) >= 11 is 1.95. The van der Waals surface area contributed by atoms with Crippen molar-refractivity contribution in [2.24, 2.45) is 0 Å². The van der Waals surface area contributed by atoms with Gasteiger partial charge < -0.3 is 10.1 Å². The fourth-order valence-electron chi connectivity index (χ4n) is 2.92. The van der Waals surface area contributed by atoms with Crippen LogP contribution >= 0.6 is 11.3 Å². The van der Waals surface area contributed by atoms with E-state index < -0.39 is 0 Å². The number of rotatable bonds is 6. The highest BCUT2D eigenvalue weighted by atomic mass is 32.1. The van der Waals surface area contributed by atoms with Gasteiger partial charge in [-0.15, -0.1) is 11.3 Å². The van der Waals surface area contributed by atoms with E-state index >= 15 is 0 Å². The first-order chi connectivity index (χ1) is 10.3. The van der Waals surface area contributed by atoms with Gasteiger partial charge >= 0.3 is 0 Å². The largest absolute Gasteiger partial charge is 0.492 e. The molecule has 2 aromatic heterocycles. The molecule has 112 valence electrons. The zero-order valence-electron chi connectivity index (χ0n) is 12.7. The number of nitrogens with one attached hydrogen (secondary N) is 1. The molecule has 3 nitrogen and oxygen atoms in total. The second-order valence-corrected chi connectivity index (χ2v) is 6.50. The van der Waals surface area contributed by atoms with E-state index in [9.17, 15) is 0 Å². The number of hydrogen-bond acceptors (Lipinski definition) is 4. The van der Waals surface area contributed by atoms with E-state index in [0.29, 0.717) is 6.61 Å². The molecule has 0 aliphatic heterocycles. The average Bonchev–Trinajstić information content (AvgIpc) is 3.06. The molecule has 0 saturated heterocycles. The highest BCUT2D eigenvalue weighted by Gasteiger charge is 2.21. The summed E-state index contributed by atoms with van der Waals surface area (Å²) in [6.07, 6.45) is 7.53. The monoisotopic (exact) mass is 302 g/mol.